The molecule has 70 valence electrons. The summed E-state index contributed by atoms with van der Waals surface area (Å²) in [5.74, 6) is 7.16. The first-order valence-corrected chi connectivity index (χ1v) is 4.56. The zero-order chi connectivity index (χ0) is 9.19. The molecular weight excluding hydrogens is 150 g/mol. The van der Waals surface area contributed by atoms with E-state index in [1.807, 2.05) is 0 Å². The Morgan fingerprint density at radius 2 is 2.08 bits per heavy atom. The highest BCUT2D eigenvalue weighted by atomic mass is 15.3. The Balaban J connectivity index is 2.46. The van der Waals surface area contributed by atoms with Crippen molar-refractivity contribution in [2.75, 3.05) is 0 Å². The molecule has 0 heterocycles. The molecule has 1 aliphatic carbocycles. The first kappa shape index (κ1) is 9.52. The molecule has 3 heteroatoms. The predicted octanol–water partition coefficient (Wildman–Crippen LogP) is 1.45. The van der Waals surface area contributed by atoms with Crippen LogP contribution in [-0.4, -0.2) is 11.4 Å². The fourth-order valence-corrected chi connectivity index (χ4v) is 1.14. The Bertz CT molecular complexity index is 175. The molecule has 0 aromatic carbocycles. The number of hydrogen-bond acceptors (Lipinski definition) is 2. The lowest BCUT2D eigenvalue weighted by Crippen LogP contribution is -2.33. The van der Waals surface area contributed by atoms with Gasteiger partial charge in [0.05, 0.1) is 5.54 Å². The van der Waals surface area contributed by atoms with E-state index < -0.39 is 0 Å². The van der Waals surface area contributed by atoms with Crippen LogP contribution >= 0.6 is 0 Å². The summed E-state index contributed by atoms with van der Waals surface area (Å²) in [4.78, 5) is 4.49. The predicted molar refractivity (Wildman–Crippen MR) is 51.9 cm³/mol. The van der Waals surface area contributed by atoms with E-state index >= 15 is 0 Å². The van der Waals surface area contributed by atoms with Gasteiger partial charge in [-0.1, -0.05) is 0 Å². The lowest BCUT2D eigenvalue weighted by atomic mass is 10.1. The molecule has 0 radical (unpaired) electrons. The number of hydrazine groups is 1. The van der Waals surface area contributed by atoms with Gasteiger partial charge in [0.2, 0.25) is 0 Å². The van der Waals surface area contributed by atoms with Crippen LogP contribution in [0, 0.1) is 5.92 Å². The van der Waals surface area contributed by atoms with E-state index in [4.69, 9.17) is 5.84 Å². The number of nitrogens with two attached hydrogens (primary N) is 1. The molecule has 0 saturated heterocycles. The maximum atomic E-state index is 5.38. The molecule has 0 amide bonds. The summed E-state index contributed by atoms with van der Waals surface area (Å²) in [5.41, 5.74) is 2.66. The Kier molecular flexibility index (Phi) is 2.73. The third-order valence-corrected chi connectivity index (χ3v) is 1.82. The van der Waals surface area contributed by atoms with Gasteiger partial charge in [-0.15, -0.1) is 0 Å². The summed E-state index contributed by atoms with van der Waals surface area (Å²) < 4.78 is 0. The highest BCUT2D eigenvalue weighted by Crippen LogP contribution is 2.32. The Morgan fingerprint density at radius 1 is 1.50 bits per heavy atom. The standard InChI is InChI=1S/C9H19N3/c1-9(2,3)11-8(12-10)6-7-4-5-7/h7H,4-6,10H2,1-3H3,(H,11,12). The van der Waals surface area contributed by atoms with Crippen LogP contribution in [0.2, 0.25) is 0 Å². The zero-order valence-corrected chi connectivity index (χ0v) is 8.22. The van der Waals surface area contributed by atoms with Gasteiger partial charge in [0.1, 0.15) is 5.84 Å². The first-order valence-electron chi connectivity index (χ1n) is 4.56. The van der Waals surface area contributed by atoms with Crippen molar-refractivity contribution >= 4 is 5.84 Å². The van der Waals surface area contributed by atoms with Gasteiger partial charge < -0.3 is 5.43 Å². The van der Waals surface area contributed by atoms with Crippen molar-refractivity contribution in [2.24, 2.45) is 16.8 Å². The molecule has 0 aromatic rings. The van der Waals surface area contributed by atoms with Crippen molar-refractivity contribution in [1.82, 2.24) is 5.43 Å². The summed E-state index contributed by atoms with van der Waals surface area (Å²) in [7, 11) is 0. The minimum absolute atomic E-state index is 0.0173. The van der Waals surface area contributed by atoms with Crippen LogP contribution in [0.4, 0.5) is 0 Å². The monoisotopic (exact) mass is 169 g/mol. The molecule has 1 rings (SSSR count). The van der Waals surface area contributed by atoms with Crippen LogP contribution < -0.4 is 11.3 Å². The van der Waals surface area contributed by atoms with Gasteiger partial charge in [-0.05, 0) is 39.5 Å². The molecule has 0 atom stereocenters. The van der Waals surface area contributed by atoms with Gasteiger partial charge in [-0.2, -0.15) is 0 Å². The van der Waals surface area contributed by atoms with E-state index in [0.717, 1.165) is 18.2 Å². The first-order chi connectivity index (χ1) is 5.51. The molecule has 1 saturated carbocycles. The maximum Gasteiger partial charge on any atom is 0.111 e. The van der Waals surface area contributed by atoms with E-state index in [-0.39, 0.29) is 5.54 Å². The van der Waals surface area contributed by atoms with Crippen LogP contribution in [-0.2, 0) is 0 Å². The van der Waals surface area contributed by atoms with Crippen LogP contribution in [0.5, 0.6) is 0 Å². The van der Waals surface area contributed by atoms with Crippen LogP contribution in [0.3, 0.4) is 0 Å². The molecule has 1 aliphatic rings. The molecular formula is C9H19N3. The Labute approximate surface area is 74.4 Å². The van der Waals surface area contributed by atoms with Crippen molar-refractivity contribution in [2.45, 2.75) is 45.6 Å². The normalized spacial score (nSPS) is 19.5. The molecule has 1 fully saturated rings. The number of nitrogens with one attached hydrogen (secondary N) is 1. The second kappa shape index (κ2) is 3.44. The summed E-state index contributed by atoms with van der Waals surface area (Å²) in [5, 5.41) is 0. The highest BCUT2D eigenvalue weighted by Gasteiger charge is 2.23. The summed E-state index contributed by atoms with van der Waals surface area (Å²) >= 11 is 0. The molecule has 0 spiro atoms. The number of hydrogen-bond donors (Lipinski definition) is 2. The summed E-state index contributed by atoms with van der Waals surface area (Å²) in [6.45, 7) is 6.24. The highest BCUT2D eigenvalue weighted by molar-refractivity contribution is 5.82. The summed E-state index contributed by atoms with van der Waals surface area (Å²) in [6, 6.07) is 0. The average molecular weight is 169 g/mol. The lowest BCUT2D eigenvalue weighted by Gasteiger charge is -2.15. The number of amidine groups is 1. The van der Waals surface area contributed by atoms with Gasteiger partial charge in [0.25, 0.3) is 0 Å². The van der Waals surface area contributed by atoms with E-state index in [1.54, 1.807) is 0 Å². The van der Waals surface area contributed by atoms with Gasteiger partial charge >= 0.3 is 0 Å². The third kappa shape index (κ3) is 3.72. The van der Waals surface area contributed by atoms with Crippen LogP contribution in [0.15, 0.2) is 4.99 Å². The molecule has 0 bridgehead atoms. The third-order valence-electron chi connectivity index (χ3n) is 1.82. The van der Waals surface area contributed by atoms with Gasteiger partial charge in [-0.25, -0.2) is 5.84 Å². The van der Waals surface area contributed by atoms with Crippen molar-refractivity contribution in [3.8, 4) is 0 Å². The fourth-order valence-electron chi connectivity index (χ4n) is 1.14. The fraction of sp³-hybridized carbons (Fsp3) is 0.889. The molecule has 3 N–H and O–H groups in total. The lowest BCUT2D eigenvalue weighted by molar-refractivity contribution is 0.575. The molecule has 3 nitrogen and oxygen atoms in total. The van der Waals surface area contributed by atoms with E-state index in [0.29, 0.717) is 0 Å². The quantitative estimate of drug-likeness (QED) is 0.284. The number of nitrogens with zero attached hydrogens (tertiary/aromatic N) is 1. The van der Waals surface area contributed by atoms with Crippen LogP contribution in [0.1, 0.15) is 40.0 Å². The number of rotatable bonds is 2. The maximum absolute atomic E-state index is 5.38. The van der Waals surface area contributed by atoms with Crippen molar-refractivity contribution in [1.29, 1.82) is 0 Å². The minimum atomic E-state index is -0.0173. The second-order valence-electron chi connectivity index (χ2n) is 4.52. The molecule has 0 aliphatic heterocycles. The van der Waals surface area contributed by atoms with Gasteiger partial charge in [0.15, 0.2) is 0 Å². The Morgan fingerprint density at radius 3 is 2.42 bits per heavy atom. The van der Waals surface area contributed by atoms with Crippen molar-refractivity contribution < 1.29 is 0 Å². The largest absolute Gasteiger partial charge is 0.312 e. The van der Waals surface area contributed by atoms with Gasteiger partial charge in [-0.3, -0.25) is 4.99 Å². The Hall–Kier alpha value is -0.570. The zero-order valence-electron chi connectivity index (χ0n) is 8.22. The summed E-state index contributed by atoms with van der Waals surface area (Å²) in [6.07, 6.45) is 3.70. The molecule has 12 heavy (non-hydrogen) atoms. The van der Waals surface area contributed by atoms with Crippen LogP contribution in [0.25, 0.3) is 0 Å². The number of aliphatic imine (C=N–C) groups is 1. The molecule has 0 aromatic heterocycles. The van der Waals surface area contributed by atoms with E-state index in [2.05, 4.69) is 31.2 Å². The van der Waals surface area contributed by atoms with E-state index in [9.17, 15) is 0 Å². The SMILES string of the molecule is CC(C)(C)N=C(CC1CC1)NN. The van der Waals surface area contributed by atoms with Crippen molar-refractivity contribution in [3.63, 3.8) is 0 Å². The molecule has 0 unspecified atom stereocenters. The smallest absolute Gasteiger partial charge is 0.111 e. The van der Waals surface area contributed by atoms with Gasteiger partial charge in [0, 0.05) is 6.42 Å². The van der Waals surface area contributed by atoms with E-state index in [1.165, 1.54) is 12.8 Å². The minimum Gasteiger partial charge on any atom is -0.312 e. The van der Waals surface area contributed by atoms with Crippen molar-refractivity contribution in [3.05, 3.63) is 0 Å². The second-order valence-corrected chi connectivity index (χ2v) is 4.52. The average Bonchev–Trinajstić information content (AvgIpc) is 2.67. The topological polar surface area (TPSA) is 50.4 Å².